The lowest BCUT2D eigenvalue weighted by molar-refractivity contribution is -0.137. The minimum absolute atomic E-state index is 0.118. The predicted octanol–water partition coefficient (Wildman–Crippen LogP) is 4.01. The maximum Gasteiger partial charge on any atom is 0.416 e. The molecule has 1 amide bonds. The van der Waals surface area contributed by atoms with Crippen LogP contribution in [0.25, 0.3) is 0 Å². The molecule has 1 aromatic heterocycles. The number of aryl methyl sites for hydroxylation is 1. The number of carbonyl (C=O) groups is 1. The van der Waals surface area contributed by atoms with Gasteiger partial charge in [0.25, 0.3) is 5.91 Å². The summed E-state index contributed by atoms with van der Waals surface area (Å²) in [6.45, 7) is 1.73. The zero-order valence-electron chi connectivity index (χ0n) is 16.2. The number of alkyl halides is 3. The van der Waals surface area contributed by atoms with Gasteiger partial charge in [0.15, 0.2) is 5.75 Å². The number of fused-ring (bicyclic) bond motifs is 1. The normalized spacial score (nSPS) is 15.9. The minimum Gasteiger partial charge on any atom is -0.488 e. The summed E-state index contributed by atoms with van der Waals surface area (Å²) in [5.41, 5.74) is 0.168. The molecular formula is C20H17F3N4O3S. The number of hydrogen-bond acceptors (Lipinski definition) is 7. The maximum absolute atomic E-state index is 12.9. The fourth-order valence-corrected chi connectivity index (χ4v) is 3.99. The third-order valence-electron chi connectivity index (χ3n) is 4.69. The first-order chi connectivity index (χ1) is 14.8. The summed E-state index contributed by atoms with van der Waals surface area (Å²) in [6, 6.07) is 8.72. The average Bonchev–Trinajstić information content (AvgIpc) is 3.17. The largest absolute Gasteiger partial charge is 0.488 e. The van der Waals surface area contributed by atoms with Crippen LogP contribution in [0.2, 0.25) is 0 Å². The van der Waals surface area contributed by atoms with Crippen LogP contribution in [0.1, 0.15) is 20.9 Å². The van der Waals surface area contributed by atoms with Gasteiger partial charge >= 0.3 is 6.18 Å². The Hall–Kier alpha value is -3.18. The first-order valence-electron chi connectivity index (χ1n) is 9.22. The number of rotatable bonds is 4. The number of halogens is 3. The predicted molar refractivity (Wildman–Crippen MR) is 109 cm³/mol. The molecule has 0 saturated heterocycles. The van der Waals surface area contributed by atoms with E-state index in [-0.39, 0.29) is 24.5 Å². The topological polar surface area (TPSA) is 87.6 Å². The molecule has 7 nitrogen and oxygen atoms in total. The van der Waals surface area contributed by atoms with Gasteiger partial charge in [0.05, 0.1) is 29.5 Å². The van der Waals surface area contributed by atoms with Crippen molar-refractivity contribution in [3.63, 3.8) is 0 Å². The van der Waals surface area contributed by atoms with Gasteiger partial charge in [-0.15, -0.1) is 10.2 Å². The molecule has 0 aliphatic carbocycles. The van der Waals surface area contributed by atoms with Gasteiger partial charge in [-0.05, 0) is 43.3 Å². The second-order valence-corrected chi connectivity index (χ2v) is 7.96. The van der Waals surface area contributed by atoms with Crippen LogP contribution in [-0.2, 0) is 6.18 Å². The zero-order chi connectivity index (χ0) is 22.2. The first-order valence-corrected chi connectivity index (χ1v) is 10.0. The first kappa shape index (κ1) is 21.1. The highest BCUT2D eigenvalue weighted by molar-refractivity contribution is 7.15. The summed E-state index contributed by atoms with van der Waals surface area (Å²) in [5.74, 6) is -0.239. The Morgan fingerprint density at radius 3 is 2.61 bits per heavy atom. The van der Waals surface area contributed by atoms with Crippen LogP contribution in [0.4, 0.5) is 29.7 Å². The molecule has 0 spiro atoms. The Kier molecular flexibility index (Phi) is 5.54. The monoisotopic (exact) mass is 450 g/mol. The summed E-state index contributed by atoms with van der Waals surface area (Å²) >= 11 is 1.34. The third-order valence-corrected chi connectivity index (χ3v) is 5.52. The van der Waals surface area contributed by atoms with Crippen LogP contribution < -0.4 is 15.0 Å². The van der Waals surface area contributed by atoms with E-state index in [4.69, 9.17) is 4.74 Å². The Morgan fingerprint density at radius 1 is 1.26 bits per heavy atom. The smallest absolute Gasteiger partial charge is 0.416 e. The number of carbonyl (C=O) groups excluding carboxylic acids is 1. The van der Waals surface area contributed by atoms with E-state index in [1.54, 1.807) is 23.1 Å². The molecular weight excluding hydrogens is 433 g/mol. The lowest BCUT2D eigenvalue weighted by Crippen LogP contribution is -2.43. The van der Waals surface area contributed by atoms with Gasteiger partial charge in [-0.25, -0.2) is 0 Å². The summed E-state index contributed by atoms with van der Waals surface area (Å²) in [5, 5.41) is 21.8. The van der Waals surface area contributed by atoms with Crippen molar-refractivity contribution >= 4 is 33.8 Å². The van der Waals surface area contributed by atoms with E-state index in [1.165, 1.54) is 23.5 Å². The van der Waals surface area contributed by atoms with Crippen molar-refractivity contribution in [2.75, 3.05) is 23.4 Å². The number of aliphatic hydroxyl groups excluding tert-OH is 1. The molecule has 1 atom stereocenters. The molecule has 162 valence electrons. The number of anilines is 3. The Labute approximate surface area is 179 Å². The van der Waals surface area contributed by atoms with Gasteiger partial charge in [0.1, 0.15) is 11.6 Å². The van der Waals surface area contributed by atoms with E-state index < -0.39 is 23.7 Å². The number of benzene rings is 2. The van der Waals surface area contributed by atoms with Crippen molar-refractivity contribution in [3.8, 4) is 5.75 Å². The van der Waals surface area contributed by atoms with Crippen molar-refractivity contribution < 1.29 is 27.8 Å². The molecule has 0 fully saturated rings. The second-order valence-electron chi connectivity index (χ2n) is 6.80. The molecule has 1 aliphatic heterocycles. The molecule has 4 rings (SSSR count). The van der Waals surface area contributed by atoms with E-state index in [1.807, 2.05) is 6.92 Å². The van der Waals surface area contributed by atoms with Crippen LogP contribution >= 0.6 is 11.3 Å². The quantitative estimate of drug-likeness (QED) is 0.625. The molecule has 0 bridgehead atoms. The van der Waals surface area contributed by atoms with Crippen LogP contribution in [0.5, 0.6) is 5.75 Å². The molecule has 2 aromatic carbocycles. The zero-order valence-corrected chi connectivity index (χ0v) is 17.0. The van der Waals surface area contributed by atoms with Gasteiger partial charge < -0.3 is 20.1 Å². The van der Waals surface area contributed by atoms with Crippen molar-refractivity contribution in [1.29, 1.82) is 0 Å². The number of amides is 1. The van der Waals surface area contributed by atoms with E-state index in [9.17, 15) is 23.1 Å². The number of aromatic nitrogens is 2. The van der Waals surface area contributed by atoms with Gasteiger partial charge in [-0.3, -0.25) is 4.79 Å². The molecule has 1 aliphatic rings. The Balaban J connectivity index is 1.64. The molecule has 1 unspecified atom stereocenters. The van der Waals surface area contributed by atoms with E-state index >= 15 is 0 Å². The van der Waals surface area contributed by atoms with Crippen molar-refractivity contribution in [2.24, 2.45) is 0 Å². The summed E-state index contributed by atoms with van der Waals surface area (Å²) in [6.07, 6.45) is -4.45. The highest BCUT2D eigenvalue weighted by Crippen LogP contribution is 2.42. The molecule has 11 heteroatoms. The summed E-state index contributed by atoms with van der Waals surface area (Å²) < 4.78 is 44.0. The van der Waals surface area contributed by atoms with E-state index in [2.05, 4.69) is 15.5 Å². The third kappa shape index (κ3) is 4.19. The van der Waals surface area contributed by atoms with Crippen molar-refractivity contribution in [3.05, 3.63) is 58.6 Å². The number of aliphatic hydroxyl groups is 1. The SMILES string of the molecule is Cc1nnc(N2c3cccc(C(=O)Nc4ccc(C(F)(F)F)cc4)c3OCC2CO)s1. The Bertz CT molecular complexity index is 1100. The van der Waals surface area contributed by atoms with Gasteiger partial charge in [0.2, 0.25) is 5.13 Å². The fraction of sp³-hybridized carbons (Fsp3) is 0.250. The molecule has 2 N–H and O–H groups in total. The number of hydrogen-bond donors (Lipinski definition) is 2. The summed E-state index contributed by atoms with van der Waals surface area (Å²) in [7, 11) is 0. The fourth-order valence-electron chi connectivity index (χ4n) is 3.21. The van der Waals surface area contributed by atoms with E-state index in [0.717, 1.165) is 17.1 Å². The standard InChI is InChI=1S/C20H17F3N4O3S/c1-11-25-26-19(31-11)27-14(9-28)10-30-17-15(3-2-4-16(17)27)18(29)24-13-7-5-12(6-8-13)20(21,22)23/h2-8,14,28H,9-10H2,1H3,(H,24,29). The minimum atomic E-state index is -4.45. The molecule has 3 aromatic rings. The van der Waals surface area contributed by atoms with Crippen LogP contribution in [-0.4, -0.2) is 40.5 Å². The Morgan fingerprint density at radius 2 is 2.00 bits per heavy atom. The van der Waals surface area contributed by atoms with Crippen molar-refractivity contribution in [2.45, 2.75) is 19.1 Å². The van der Waals surface area contributed by atoms with Gasteiger partial charge in [-0.1, -0.05) is 17.4 Å². The van der Waals surface area contributed by atoms with Gasteiger partial charge in [0, 0.05) is 5.69 Å². The van der Waals surface area contributed by atoms with Crippen LogP contribution in [0.15, 0.2) is 42.5 Å². The highest BCUT2D eigenvalue weighted by atomic mass is 32.1. The average molecular weight is 450 g/mol. The number of ether oxygens (including phenoxy) is 1. The second kappa shape index (κ2) is 8.16. The molecule has 0 saturated carbocycles. The summed E-state index contributed by atoms with van der Waals surface area (Å²) in [4.78, 5) is 14.6. The molecule has 31 heavy (non-hydrogen) atoms. The van der Waals surface area contributed by atoms with Crippen molar-refractivity contribution in [1.82, 2.24) is 10.2 Å². The van der Waals surface area contributed by atoms with Gasteiger partial charge in [-0.2, -0.15) is 13.2 Å². The number of para-hydroxylation sites is 1. The maximum atomic E-state index is 12.9. The highest BCUT2D eigenvalue weighted by Gasteiger charge is 2.33. The lowest BCUT2D eigenvalue weighted by atomic mass is 10.1. The van der Waals surface area contributed by atoms with E-state index in [0.29, 0.717) is 16.6 Å². The molecule has 2 heterocycles. The molecule has 0 radical (unpaired) electrons. The lowest BCUT2D eigenvalue weighted by Gasteiger charge is -2.36. The van der Waals surface area contributed by atoms with Crippen LogP contribution in [0, 0.1) is 6.92 Å². The van der Waals surface area contributed by atoms with Crippen LogP contribution in [0.3, 0.4) is 0 Å². The number of nitrogens with zero attached hydrogens (tertiary/aromatic N) is 3. The number of nitrogens with one attached hydrogen (secondary N) is 1.